The lowest BCUT2D eigenvalue weighted by Gasteiger charge is -2.11. The SMILES string of the molecule is COc1cc(C)ccc1OCc1ccc(C(=O)O)cc1. The minimum atomic E-state index is -0.933. The van der Waals surface area contributed by atoms with Crippen LogP contribution in [0.15, 0.2) is 42.5 Å². The predicted molar refractivity (Wildman–Crippen MR) is 75.5 cm³/mol. The number of rotatable bonds is 5. The zero-order valence-electron chi connectivity index (χ0n) is 11.4. The van der Waals surface area contributed by atoms with Gasteiger partial charge in [-0.25, -0.2) is 4.79 Å². The van der Waals surface area contributed by atoms with E-state index in [0.29, 0.717) is 18.1 Å². The third-order valence-corrected chi connectivity index (χ3v) is 2.91. The van der Waals surface area contributed by atoms with Gasteiger partial charge in [0.25, 0.3) is 0 Å². The molecule has 1 N–H and O–H groups in total. The molecule has 4 nitrogen and oxygen atoms in total. The summed E-state index contributed by atoms with van der Waals surface area (Å²) in [6, 6.07) is 12.3. The lowest BCUT2D eigenvalue weighted by Crippen LogP contribution is -2.00. The fourth-order valence-electron chi connectivity index (χ4n) is 1.80. The predicted octanol–water partition coefficient (Wildman–Crippen LogP) is 3.28. The summed E-state index contributed by atoms with van der Waals surface area (Å²) in [5, 5.41) is 8.83. The lowest BCUT2D eigenvalue weighted by atomic mass is 10.1. The molecular weight excluding hydrogens is 256 g/mol. The number of methoxy groups -OCH3 is 1. The summed E-state index contributed by atoms with van der Waals surface area (Å²) < 4.78 is 11.0. The molecule has 0 amide bonds. The Morgan fingerprint density at radius 2 is 1.80 bits per heavy atom. The molecule has 104 valence electrons. The first-order chi connectivity index (χ1) is 9.60. The highest BCUT2D eigenvalue weighted by Gasteiger charge is 2.06. The Morgan fingerprint density at radius 1 is 1.10 bits per heavy atom. The van der Waals surface area contributed by atoms with E-state index in [4.69, 9.17) is 14.6 Å². The Hall–Kier alpha value is -2.49. The number of aromatic carboxylic acids is 1. The van der Waals surface area contributed by atoms with E-state index in [-0.39, 0.29) is 5.56 Å². The summed E-state index contributed by atoms with van der Waals surface area (Å²) in [5.41, 5.74) is 2.26. The first-order valence-corrected chi connectivity index (χ1v) is 6.20. The largest absolute Gasteiger partial charge is 0.493 e. The molecule has 0 aromatic heterocycles. The van der Waals surface area contributed by atoms with E-state index in [1.54, 1.807) is 31.4 Å². The number of carboxylic acids is 1. The van der Waals surface area contributed by atoms with Gasteiger partial charge in [0.2, 0.25) is 0 Å². The van der Waals surface area contributed by atoms with Crippen LogP contribution < -0.4 is 9.47 Å². The molecule has 0 unspecified atom stereocenters. The fraction of sp³-hybridized carbons (Fsp3) is 0.188. The maximum atomic E-state index is 10.8. The lowest BCUT2D eigenvalue weighted by molar-refractivity contribution is 0.0697. The topological polar surface area (TPSA) is 55.8 Å². The average molecular weight is 272 g/mol. The number of carboxylic acid groups (broad SMARTS) is 1. The van der Waals surface area contributed by atoms with Crippen molar-refractivity contribution in [3.05, 3.63) is 59.2 Å². The van der Waals surface area contributed by atoms with Crippen molar-refractivity contribution in [1.29, 1.82) is 0 Å². The average Bonchev–Trinajstić information content (AvgIpc) is 2.46. The van der Waals surface area contributed by atoms with Crippen LogP contribution in [0, 0.1) is 6.92 Å². The Kier molecular flexibility index (Phi) is 4.25. The van der Waals surface area contributed by atoms with Crippen molar-refractivity contribution >= 4 is 5.97 Å². The summed E-state index contributed by atoms with van der Waals surface area (Å²) >= 11 is 0. The molecule has 0 fully saturated rings. The van der Waals surface area contributed by atoms with E-state index >= 15 is 0 Å². The quantitative estimate of drug-likeness (QED) is 0.907. The van der Waals surface area contributed by atoms with Gasteiger partial charge >= 0.3 is 5.97 Å². The molecule has 0 aliphatic carbocycles. The highest BCUT2D eigenvalue weighted by Crippen LogP contribution is 2.28. The zero-order valence-corrected chi connectivity index (χ0v) is 11.4. The number of carbonyl (C=O) groups is 1. The first kappa shape index (κ1) is 13.9. The van der Waals surface area contributed by atoms with Gasteiger partial charge in [-0.2, -0.15) is 0 Å². The Morgan fingerprint density at radius 3 is 2.40 bits per heavy atom. The minimum absolute atomic E-state index is 0.265. The van der Waals surface area contributed by atoms with E-state index in [9.17, 15) is 4.79 Å². The van der Waals surface area contributed by atoms with E-state index in [2.05, 4.69) is 0 Å². The Bertz CT molecular complexity index is 602. The van der Waals surface area contributed by atoms with Gasteiger partial charge < -0.3 is 14.6 Å². The number of hydrogen-bond acceptors (Lipinski definition) is 3. The van der Waals surface area contributed by atoms with Crippen molar-refractivity contribution < 1.29 is 19.4 Å². The zero-order chi connectivity index (χ0) is 14.5. The van der Waals surface area contributed by atoms with Gasteiger partial charge in [-0.05, 0) is 42.3 Å². The van der Waals surface area contributed by atoms with Crippen LogP contribution >= 0.6 is 0 Å². The smallest absolute Gasteiger partial charge is 0.335 e. The van der Waals surface area contributed by atoms with Crippen LogP contribution in [0.5, 0.6) is 11.5 Å². The minimum Gasteiger partial charge on any atom is -0.493 e. The van der Waals surface area contributed by atoms with E-state index in [0.717, 1.165) is 11.1 Å². The second-order valence-corrected chi connectivity index (χ2v) is 4.45. The van der Waals surface area contributed by atoms with Gasteiger partial charge in [-0.15, -0.1) is 0 Å². The van der Waals surface area contributed by atoms with Crippen molar-refractivity contribution in [2.75, 3.05) is 7.11 Å². The molecule has 0 heterocycles. The first-order valence-electron chi connectivity index (χ1n) is 6.20. The maximum absolute atomic E-state index is 10.8. The van der Waals surface area contributed by atoms with E-state index in [1.807, 2.05) is 25.1 Å². The molecule has 0 bridgehead atoms. The normalized spacial score (nSPS) is 10.1. The van der Waals surface area contributed by atoms with Crippen LogP contribution in [-0.2, 0) is 6.61 Å². The second kappa shape index (κ2) is 6.10. The van der Waals surface area contributed by atoms with Crippen LogP contribution in [0.25, 0.3) is 0 Å². The monoisotopic (exact) mass is 272 g/mol. The van der Waals surface area contributed by atoms with Crippen LogP contribution in [0.1, 0.15) is 21.5 Å². The van der Waals surface area contributed by atoms with Gasteiger partial charge in [0.1, 0.15) is 6.61 Å². The molecule has 20 heavy (non-hydrogen) atoms. The molecule has 4 heteroatoms. The molecule has 0 saturated heterocycles. The molecular formula is C16H16O4. The summed E-state index contributed by atoms with van der Waals surface area (Å²) in [7, 11) is 1.60. The molecule has 0 radical (unpaired) electrons. The summed E-state index contributed by atoms with van der Waals surface area (Å²) in [5.74, 6) is 0.422. The second-order valence-electron chi connectivity index (χ2n) is 4.45. The third-order valence-electron chi connectivity index (χ3n) is 2.91. The Balaban J connectivity index is 2.06. The van der Waals surface area contributed by atoms with Crippen molar-refractivity contribution in [1.82, 2.24) is 0 Å². The summed E-state index contributed by atoms with van der Waals surface area (Å²) in [6.07, 6.45) is 0. The van der Waals surface area contributed by atoms with Crippen LogP contribution in [0.4, 0.5) is 0 Å². The molecule has 0 saturated carbocycles. The highest BCUT2D eigenvalue weighted by atomic mass is 16.5. The van der Waals surface area contributed by atoms with Crippen molar-refractivity contribution in [3.63, 3.8) is 0 Å². The standard InChI is InChI=1S/C16H16O4/c1-11-3-8-14(15(9-11)19-2)20-10-12-4-6-13(7-5-12)16(17)18/h3-9H,10H2,1-2H3,(H,17,18). The number of aryl methyl sites for hydroxylation is 1. The highest BCUT2D eigenvalue weighted by molar-refractivity contribution is 5.87. The number of benzene rings is 2. The number of hydrogen-bond donors (Lipinski definition) is 1. The molecule has 2 aromatic rings. The molecule has 0 aliphatic rings. The van der Waals surface area contributed by atoms with Gasteiger partial charge in [-0.1, -0.05) is 18.2 Å². The summed E-state index contributed by atoms with van der Waals surface area (Å²) in [6.45, 7) is 2.34. The third kappa shape index (κ3) is 3.29. The van der Waals surface area contributed by atoms with Gasteiger partial charge in [0.05, 0.1) is 12.7 Å². The summed E-state index contributed by atoms with van der Waals surface area (Å²) in [4.78, 5) is 10.8. The van der Waals surface area contributed by atoms with E-state index in [1.165, 1.54) is 0 Å². The molecule has 2 rings (SSSR count). The molecule has 0 aliphatic heterocycles. The fourth-order valence-corrected chi connectivity index (χ4v) is 1.80. The van der Waals surface area contributed by atoms with Crippen molar-refractivity contribution in [2.45, 2.75) is 13.5 Å². The molecule has 0 atom stereocenters. The van der Waals surface area contributed by atoms with E-state index < -0.39 is 5.97 Å². The van der Waals surface area contributed by atoms with Crippen molar-refractivity contribution in [3.8, 4) is 11.5 Å². The van der Waals surface area contributed by atoms with Crippen LogP contribution in [0.3, 0.4) is 0 Å². The van der Waals surface area contributed by atoms with Gasteiger partial charge in [0, 0.05) is 0 Å². The molecule has 0 spiro atoms. The maximum Gasteiger partial charge on any atom is 0.335 e. The molecule has 2 aromatic carbocycles. The van der Waals surface area contributed by atoms with Gasteiger partial charge in [0.15, 0.2) is 11.5 Å². The Labute approximate surface area is 117 Å². The van der Waals surface area contributed by atoms with Crippen LogP contribution in [0.2, 0.25) is 0 Å². The number of ether oxygens (including phenoxy) is 2. The van der Waals surface area contributed by atoms with Crippen LogP contribution in [-0.4, -0.2) is 18.2 Å². The van der Waals surface area contributed by atoms with Crippen molar-refractivity contribution in [2.24, 2.45) is 0 Å². The van der Waals surface area contributed by atoms with Gasteiger partial charge in [-0.3, -0.25) is 0 Å².